The first-order valence-corrected chi connectivity index (χ1v) is 13.2. The number of sulfonamides is 1. The highest BCUT2D eigenvalue weighted by atomic mass is 32.2. The Bertz CT molecular complexity index is 1110. The van der Waals surface area contributed by atoms with E-state index in [4.69, 9.17) is 4.74 Å². The van der Waals surface area contributed by atoms with E-state index in [2.05, 4.69) is 15.0 Å². The quantitative estimate of drug-likeness (QED) is 0.504. The summed E-state index contributed by atoms with van der Waals surface area (Å²) < 4.78 is 33.1. The molecule has 3 N–H and O–H groups in total. The monoisotopic (exact) mass is 495 g/mol. The number of carbonyl (C=O) groups excluding carboxylic acids is 1. The molecule has 1 saturated carbocycles. The van der Waals surface area contributed by atoms with E-state index in [1.54, 1.807) is 27.0 Å². The molecular weight excluding hydrogens is 466 g/mol. The average Bonchev–Trinajstić information content (AvgIpc) is 3.23. The van der Waals surface area contributed by atoms with Crippen LogP contribution in [0.5, 0.6) is 0 Å². The molecule has 33 heavy (non-hydrogen) atoms. The molecule has 2 aromatic rings. The molecule has 3 rings (SSSR count). The smallest absolute Gasteiger partial charge is 0.407 e. The first-order valence-electron chi connectivity index (χ1n) is 10.9. The van der Waals surface area contributed by atoms with Crippen LogP contribution in [0.2, 0.25) is 0 Å². The SMILES string of the molecule is CCNS(=O)(=O)c1cc(C(=O)O)ccc1-c1cnc(C2CCC(NC(=O)OC(C)C)CC2)s1. The van der Waals surface area contributed by atoms with Gasteiger partial charge in [0, 0.05) is 30.3 Å². The molecule has 0 spiro atoms. The first-order chi connectivity index (χ1) is 15.6. The second-order valence-corrected chi connectivity index (χ2v) is 11.0. The van der Waals surface area contributed by atoms with Gasteiger partial charge in [-0.05, 0) is 51.7 Å². The van der Waals surface area contributed by atoms with Crippen LogP contribution in [0.1, 0.15) is 67.7 Å². The summed E-state index contributed by atoms with van der Waals surface area (Å²) in [6.45, 7) is 5.47. The number of hydrogen-bond acceptors (Lipinski definition) is 7. The molecule has 1 aliphatic rings. The molecule has 0 aliphatic heterocycles. The number of rotatable bonds is 8. The molecule has 0 saturated heterocycles. The number of nitrogens with one attached hydrogen (secondary N) is 2. The van der Waals surface area contributed by atoms with E-state index in [0.717, 1.165) is 30.7 Å². The number of thiazole rings is 1. The van der Waals surface area contributed by atoms with Gasteiger partial charge in [0.1, 0.15) is 0 Å². The summed E-state index contributed by atoms with van der Waals surface area (Å²) in [5, 5.41) is 13.1. The Kier molecular flexibility index (Phi) is 8.09. The van der Waals surface area contributed by atoms with Crippen molar-refractivity contribution >= 4 is 33.4 Å². The molecule has 0 unspecified atom stereocenters. The van der Waals surface area contributed by atoms with Crippen LogP contribution in [0.15, 0.2) is 29.3 Å². The highest BCUT2D eigenvalue weighted by molar-refractivity contribution is 7.89. The van der Waals surface area contributed by atoms with Gasteiger partial charge in [0.15, 0.2) is 0 Å². The number of aromatic nitrogens is 1. The lowest BCUT2D eigenvalue weighted by Crippen LogP contribution is -2.38. The molecule has 11 heteroatoms. The molecule has 0 atom stereocenters. The summed E-state index contributed by atoms with van der Waals surface area (Å²) >= 11 is 1.42. The molecule has 1 aliphatic carbocycles. The fraction of sp³-hybridized carbons (Fsp3) is 0.500. The highest BCUT2D eigenvalue weighted by Gasteiger charge is 2.27. The van der Waals surface area contributed by atoms with Crippen LogP contribution in [-0.4, -0.2) is 49.3 Å². The molecule has 1 amide bonds. The van der Waals surface area contributed by atoms with E-state index in [1.165, 1.54) is 29.5 Å². The first kappa shape index (κ1) is 25.1. The van der Waals surface area contributed by atoms with Crippen molar-refractivity contribution in [2.24, 2.45) is 0 Å². The van der Waals surface area contributed by atoms with Crippen molar-refractivity contribution in [3.63, 3.8) is 0 Å². The summed E-state index contributed by atoms with van der Waals surface area (Å²) in [5.74, 6) is -0.975. The van der Waals surface area contributed by atoms with E-state index in [1.807, 2.05) is 0 Å². The Hall–Kier alpha value is -2.50. The number of nitrogens with zero attached hydrogens (tertiary/aromatic N) is 1. The maximum atomic E-state index is 12.7. The molecule has 1 heterocycles. The van der Waals surface area contributed by atoms with Gasteiger partial charge in [-0.1, -0.05) is 13.0 Å². The summed E-state index contributed by atoms with van der Waals surface area (Å²) in [6, 6.07) is 4.16. The molecule has 1 fully saturated rings. The van der Waals surface area contributed by atoms with Gasteiger partial charge < -0.3 is 15.2 Å². The number of benzene rings is 1. The largest absolute Gasteiger partial charge is 0.478 e. The predicted octanol–water partition coefficient (Wildman–Crippen LogP) is 3.97. The van der Waals surface area contributed by atoms with Crippen LogP contribution < -0.4 is 10.0 Å². The summed E-state index contributed by atoms with van der Waals surface area (Å²) in [6.07, 6.45) is 4.39. The van der Waals surface area contributed by atoms with E-state index >= 15 is 0 Å². The minimum absolute atomic E-state index is 0.0624. The van der Waals surface area contributed by atoms with Crippen molar-refractivity contribution in [2.45, 2.75) is 69.4 Å². The third-order valence-electron chi connectivity index (χ3n) is 5.38. The van der Waals surface area contributed by atoms with Crippen molar-refractivity contribution in [3.05, 3.63) is 35.0 Å². The van der Waals surface area contributed by atoms with Gasteiger partial charge in [-0.25, -0.2) is 27.7 Å². The Morgan fingerprint density at radius 1 is 1.24 bits per heavy atom. The standard InChI is InChI=1S/C22H29N3O6S2/c1-4-24-33(29,30)19-11-15(21(26)27)7-10-17(19)18-12-23-20(32-18)14-5-8-16(9-6-14)25-22(28)31-13(2)3/h7,10-14,16,24H,4-6,8-9H2,1-3H3,(H,25,28)(H,26,27). The van der Waals surface area contributed by atoms with Crippen LogP contribution >= 0.6 is 11.3 Å². The van der Waals surface area contributed by atoms with Gasteiger partial charge in [0.25, 0.3) is 0 Å². The van der Waals surface area contributed by atoms with E-state index in [0.29, 0.717) is 10.4 Å². The van der Waals surface area contributed by atoms with Crippen LogP contribution in [0.25, 0.3) is 10.4 Å². The van der Waals surface area contributed by atoms with Crippen molar-refractivity contribution < 1.29 is 27.9 Å². The van der Waals surface area contributed by atoms with Crippen LogP contribution in [0.4, 0.5) is 4.79 Å². The fourth-order valence-electron chi connectivity index (χ4n) is 3.85. The zero-order valence-electron chi connectivity index (χ0n) is 18.8. The minimum Gasteiger partial charge on any atom is -0.478 e. The van der Waals surface area contributed by atoms with Crippen LogP contribution in [0.3, 0.4) is 0 Å². The fourth-order valence-corrected chi connectivity index (χ4v) is 6.33. The van der Waals surface area contributed by atoms with Crippen LogP contribution in [-0.2, 0) is 14.8 Å². The molecule has 0 bridgehead atoms. The molecule has 1 aromatic carbocycles. The predicted molar refractivity (Wildman–Crippen MR) is 125 cm³/mol. The van der Waals surface area contributed by atoms with Gasteiger partial charge >= 0.3 is 12.1 Å². The number of carboxylic acids is 1. The minimum atomic E-state index is -3.87. The lowest BCUT2D eigenvalue weighted by atomic mass is 9.86. The van der Waals surface area contributed by atoms with E-state index in [-0.39, 0.29) is 35.1 Å². The second-order valence-electron chi connectivity index (χ2n) is 8.23. The van der Waals surface area contributed by atoms with Crippen molar-refractivity contribution in [2.75, 3.05) is 6.54 Å². The van der Waals surface area contributed by atoms with Gasteiger partial charge in [0.2, 0.25) is 10.0 Å². The topological polar surface area (TPSA) is 135 Å². The maximum absolute atomic E-state index is 12.7. The Balaban J connectivity index is 1.77. The zero-order chi connectivity index (χ0) is 24.2. The highest BCUT2D eigenvalue weighted by Crippen LogP contribution is 2.39. The Labute approximate surface area is 197 Å². The summed E-state index contributed by atoms with van der Waals surface area (Å²) in [7, 11) is -3.87. The van der Waals surface area contributed by atoms with Crippen LogP contribution in [0, 0.1) is 0 Å². The zero-order valence-corrected chi connectivity index (χ0v) is 20.5. The number of carboxylic acid groups (broad SMARTS) is 1. The Morgan fingerprint density at radius 3 is 2.55 bits per heavy atom. The number of ether oxygens (including phenoxy) is 1. The normalized spacial score (nSPS) is 18.8. The number of aromatic carboxylic acids is 1. The summed E-state index contributed by atoms with van der Waals surface area (Å²) in [4.78, 5) is 28.3. The van der Waals surface area contributed by atoms with Gasteiger partial charge in [0.05, 0.1) is 26.4 Å². The van der Waals surface area contributed by atoms with Gasteiger partial charge in [-0.15, -0.1) is 11.3 Å². The van der Waals surface area contributed by atoms with Crippen molar-refractivity contribution in [1.82, 2.24) is 15.0 Å². The number of carbonyl (C=O) groups is 2. The van der Waals surface area contributed by atoms with Gasteiger partial charge in [-0.2, -0.15) is 0 Å². The molecule has 9 nitrogen and oxygen atoms in total. The molecule has 0 radical (unpaired) electrons. The number of amides is 1. The van der Waals surface area contributed by atoms with Crippen molar-refractivity contribution in [3.8, 4) is 10.4 Å². The molecular formula is C22H29N3O6S2. The molecule has 180 valence electrons. The third-order valence-corrected chi connectivity index (χ3v) is 8.16. The maximum Gasteiger partial charge on any atom is 0.407 e. The number of hydrogen-bond donors (Lipinski definition) is 3. The lowest BCUT2D eigenvalue weighted by Gasteiger charge is -2.28. The Morgan fingerprint density at radius 2 is 1.94 bits per heavy atom. The second kappa shape index (κ2) is 10.6. The lowest BCUT2D eigenvalue weighted by molar-refractivity contribution is 0.0696. The molecule has 1 aromatic heterocycles. The number of alkyl carbamates (subject to hydrolysis) is 1. The van der Waals surface area contributed by atoms with E-state index in [9.17, 15) is 23.1 Å². The summed E-state index contributed by atoms with van der Waals surface area (Å²) in [5.41, 5.74) is 0.332. The third kappa shape index (κ3) is 6.30. The van der Waals surface area contributed by atoms with Gasteiger partial charge in [-0.3, -0.25) is 0 Å². The van der Waals surface area contributed by atoms with E-state index < -0.39 is 22.1 Å². The average molecular weight is 496 g/mol. The van der Waals surface area contributed by atoms with Crippen molar-refractivity contribution in [1.29, 1.82) is 0 Å².